The summed E-state index contributed by atoms with van der Waals surface area (Å²) in [5, 5.41) is 0. The number of fused-ring (bicyclic) bond motifs is 1. The summed E-state index contributed by atoms with van der Waals surface area (Å²) in [5.41, 5.74) is 5.31. The Balaban J connectivity index is 2.16. The normalized spacial score (nSPS) is 17.1. The first-order chi connectivity index (χ1) is 11.3. The van der Waals surface area contributed by atoms with E-state index in [0.717, 1.165) is 16.4 Å². The van der Waals surface area contributed by atoms with E-state index >= 15 is 0 Å². The molecule has 1 aliphatic rings. The highest BCUT2D eigenvalue weighted by atomic mass is 32.2. The minimum atomic E-state index is -4.46. The van der Waals surface area contributed by atoms with Gasteiger partial charge in [0.15, 0.2) is 6.10 Å². The average Bonchev–Trinajstić information content (AvgIpc) is 2.55. The third-order valence-electron chi connectivity index (χ3n) is 3.51. The van der Waals surface area contributed by atoms with Gasteiger partial charge >= 0.3 is 0 Å². The van der Waals surface area contributed by atoms with Gasteiger partial charge in [0.1, 0.15) is 22.3 Å². The maximum atomic E-state index is 14.0. The number of carbonyl (C=O) groups excluding carboxylic acids is 1. The molecule has 3 rings (SSSR count). The zero-order valence-corrected chi connectivity index (χ0v) is 13.0. The zero-order chi connectivity index (χ0) is 17.5. The topological polar surface area (TPSA) is 89.7 Å². The summed E-state index contributed by atoms with van der Waals surface area (Å²) in [5.74, 6) is -2.77. The lowest BCUT2D eigenvalue weighted by Crippen LogP contribution is -2.49. The molecule has 0 spiro atoms. The molecule has 0 radical (unpaired) electrons. The molecule has 0 unspecified atom stereocenters. The van der Waals surface area contributed by atoms with Gasteiger partial charge in [-0.15, -0.1) is 0 Å². The molecule has 0 aromatic heterocycles. The summed E-state index contributed by atoms with van der Waals surface area (Å²) < 4.78 is 59.1. The van der Waals surface area contributed by atoms with Gasteiger partial charge in [0, 0.05) is 0 Å². The smallest absolute Gasteiger partial charge is 0.267 e. The van der Waals surface area contributed by atoms with Crippen LogP contribution < -0.4 is 14.8 Å². The van der Waals surface area contributed by atoms with E-state index < -0.39 is 45.1 Å². The lowest BCUT2D eigenvalue weighted by atomic mass is 10.2. The number of primary amides is 1. The van der Waals surface area contributed by atoms with Crippen LogP contribution in [0.25, 0.3) is 0 Å². The minimum Gasteiger partial charge on any atom is -0.476 e. The SMILES string of the molecule is NC(=O)[C@@H]1CN(S(=O)(=O)c2cc(F)ccc2F)c2ccccc2O1. The van der Waals surface area contributed by atoms with Gasteiger partial charge < -0.3 is 10.5 Å². The first kappa shape index (κ1) is 16.2. The number of para-hydroxylation sites is 2. The number of ether oxygens (including phenoxy) is 1. The molecule has 2 aromatic rings. The molecule has 9 heteroatoms. The predicted octanol–water partition coefficient (Wildman–Crippen LogP) is 1.41. The van der Waals surface area contributed by atoms with E-state index in [1.807, 2.05) is 0 Å². The number of anilines is 1. The summed E-state index contributed by atoms with van der Waals surface area (Å²) in [6, 6.07) is 8.14. The number of nitrogens with two attached hydrogens (primary N) is 1. The molecule has 6 nitrogen and oxygen atoms in total. The third-order valence-corrected chi connectivity index (χ3v) is 5.31. The van der Waals surface area contributed by atoms with E-state index in [1.165, 1.54) is 12.1 Å². The second-order valence-electron chi connectivity index (χ2n) is 5.09. The Labute approximate surface area is 136 Å². The molecular weight excluding hydrogens is 342 g/mol. The number of amides is 1. The Morgan fingerprint density at radius 1 is 1.21 bits per heavy atom. The van der Waals surface area contributed by atoms with Crippen LogP contribution in [-0.4, -0.2) is 27.0 Å². The number of hydrogen-bond acceptors (Lipinski definition) is 4. The first-order valence-electron chi connectivity index (χ1n) is 6.83. The highest BCUT2D eigenvalue weighted by molar-refractivity contribution is 7.92. The lowest BCUT2D eigenvalue weighted by molar-refractivity contribution is -0.124. The van der Waals surface area contributed by atoms with Gasteiger partial charge in [-0.3, -0.25) is 9.10 Å². The van der Waals surface area contributed by atoms with Crippen LogP contribution in [0.5, 0.6) is 5.75 Å². The quantitative estimate of drug-likeness (QED) is 0.902. The van der Waals surface area contributed by atoms with Gasteiger partial charge in [0.2, 0.25) is 0 Å². The summed E-state index contributed by atoms with van der Waals surface area (Å²) in [6.45, 7) is -0.440. The maximum Gasteiger partial charge on any atom is 0.267 e. The Morgan fingerprint density at radius 3 is 2.62 bits per heavy atom. The number of carbonyl (C=O) groups is 1. The fourth-order valence-corrected chi connectivity index (χ4v) is 3.93. The molecule has 0 saturated carbocycles. The largest absolute Gasteiger partial charge is 0.476 e. The van der Waals surface area contributed by atoms with Crippen molar-refractivity contribution < 1.29 is 26.7 Å². The average molecular weight is 354 g/mol. The summed E-state index contributed by atoms with van der Waals surface area (Å²) in [6.07, 6.45) is -1.24. The van der Waals surface area contributed by atoms with E-state index in [9.17, 15) is 22.0 Å². The Bertz CT molecular complexity index is 917. The summed E-state index contributed by atoms with van der Waals surface area (Å²) in [7, 11) is -4.46. The number of nitrogens with zero attached hydrogens (tertiary/aromatic N) is 1. The first-order valence-corrected chi connectivity index (χ1v) is 8.27. The second kappa shape index (κ2) is 5.75. The van der Waals surface area contributed by atoms with E-state index in [-0.39, 0.29) is 11.4 Å². The van der Waals surface area contributed by atoms with E-state index in [1.54, 1.807) is 12.1 Å². The van der Waals surface area contributed by atoms with Crippen molar-refractivity contribution in [3.05, 3.63) is 54.1 Å². The molecular formula is C15H12F2N2O4S. The molecule has 1 atom stereocenters. The monoisotopic (exact) mass is 354 g/mol. The molecule has 0 saturated heterocycles. The molecule has 0 fully saturated rings. The van der Waals surface area contributed by atoms with Crippen LogP contribution in [0.4, 0.5) is 14.5 Å². The second-order valence-corrected chi connectivity index (χ2v) is 6.92. The fourth-order valence-electron chi connectivity index (χ4n) is 2.37. The Morgan fingerprint density at radius 2 is 1.92 bits per heavy atom. The molecule has 126 valence electrons. The lowest BCUT2D eigenvalue weighted by Gasteiger charge is -2.34. The molecule has 0 aliphatic carbocycles. The van der Waals surface area contributed by atoms with Crippen LogP contribution in [0.2, 0.25) is 0 Å². The van der Waals surface area contributed by atoms with Gasteiger partial charge in [-0.1, -0.05) is 12.1 Å². The fraction of sp³-hybridized carbons (Fsp3) is 0.133. The predicted molar refractivity (Wildman–Crippen MR) is 80.9 cm³/mol. The van der Waals surface area contributed by atoms with Gasteiger partial charge in [-0.05, 0) is 30.3 Å². The van der Waals surface area contributed by atoms with Gasteiger partial charge in [-0.2, -0.15) is 0 Å². The molecule has 2 aromatic carbocycles. The third kappa shape index (κ3) is 2.67. The van der Waals surface area contributed by atoms with Crippen molar-refractivity contribution in [2.75, 3.05) is 10.8 Å². The van der Waals surface area contributed by atoms with Crippen LogP contribution in [0.3, 0.4) is 0 Å². The summed E-state index contributed by atoms with van der Waals surface area (Å²) >= 11 is 0. The zero-order valence-electron chi connectivity index (χ0n) is 12.1. The standard InChI is InChI=1S/C15H12F2N2O4S/c16-9-5-6-10(17)14(7-9)24(21,22)19-8-13(15(18)20)23-12-4-2-1-3-11(12)19/h1-7,13H,8H2,(H2,18,20)/t13-/m0/s1. The van der Waals surface area contributed by atoms with Crippen LogP contribution in [-0.2, 0) is 14.8 Å². The van der Waals surface area contributed by atoms with Gasteiger partial charge in [0.05, 0.1) is 12.2 Å². The van der Waals surface area contributed by atoms with E-state index in [4.69, 9.17) is 10.5 Å². The number of halogens is 2. The molecule has 0 bridgehead atoms. The molecule has 1 amide bonds. The van der Waals surface area contributed by atoms with Crippen LogP contribution in [0.15, 0.2) is 47.4 Å². The van der Waals surface area contributed by atoms with Crippen LogP contribution in [0, 0.1) is 11.6 Å². The highest BCUT2D eigenvalue weighted by Crippen LogP contribution is 2.37. The van der Waals surface area contributed by atoms with Crippen LogP contribution in [0.1, 0.15) is 0 Å². The van der Waals surface area contributed by atoms with Crippen molar-refractivity contribution in [2.45, 2.75) is 11.0 Å². The number of benzene rings is 2. The van der Waals surface area contributed by atoms with E-state index in [2.05, 4.69) is 0 Å². The van der Waals surface area contributed by atoms with Crippen molar-refractivity contribution in [2.24, 2.45) is 5.73 Å². The van der Waals surface area contributed by atoms with E-state index in [0.29, 0.717) is 6.07 Å². The molecule has 1 heterocycles. The van der Waals surface area contributed by atoms with Crippen LogP contribution >= 0.6 is 0 Å². The van der Waals surface area contributed by atoms with Crippen molar-refractivity contribution in [3.8, 4) is 5.75 Å². The molecule has 24 heavy (non-hydrogen) atoms. The number of hydrogen-bond donors (Lipinski definition) is 1. The number of rotatable bonds is 3. The summed E-state index contributed by atoms with van der Waals surface area (Å²) in [4.78, 5) is 10.6. The number of sulfonamides is 1. The Hall–Kier alpha value is -2.68. The van der Waals surface area contributed by atoms with Gasteiger partial charge in [0.25, 0.3) is 15.9 Å². The van der Waals surface area contributed by atoms with Crippen molar-refractivity contribution in [3.63, 3.8) is 0 Å². The Kier molecular flexibility index (Phi) is 3.88. The van der Waals surface area contributed by atoms with Crippen molar-refractivity contribution in [1.29, 1.82) is 0 Å². The van der Waals surface area contributed by atoms with Gasteiger partial charge in [-0.25, -0.2) is 17.2 Å². The highest BCUT2D eigenvalue weighted by Gasteiger charge is 2.37. The molecule has 2 N–H and O–H groups in total. The maximum absolute atomic E-state index is 14.0. The minimum absolute atomic E-state index is 0.105. The molecule has 1 aliphatic heterocycles. The van der Waals surface area contributed by atoms with Crippen molar-refractivity contribution in [1.82, 2.24) is 0 Å². The van der Waals surface area contributed by atoms with Crippen molar-refractivity contribution >= 4 is 21.6 Å².